The van der Waals surface area contributed by atoms with Crippen molar-refractivity contribution in [3.8, 4) is 10.6 Å². The molecule has 8 heteroatoms. The standard InChI is InChI=1S/C14H17N3O3S2/c1-9-12(22-14(17-9)10-3-6-21-8-10)13(19)16-7-11(18)15-4-5-20-2/h3,6,8H,4-5,7H2,1-2H3,(H,15,18)(H,16,19). The third-order valence-electron chi connectivity index (χ3n) is 2.81. The van der Waals surface area contributed by atoms with Crippen molar-refractivity contribution in [2.75, 3.05) is 26.8 Å². The maximum atomic E-state index is 12.1. The molecule has 0 spiro atoms. The van der Waals surface area contributed by atoms with Crippen molar-refractivity contribution in [2.45, 2.75) is 6.92 Å². The van der Waals surface area contributed by atoms with Crippen LogP contribution in [0.4, 0.5) is 0 Å². The lowest BCUT2D eigenvalue weighted by Crippen LogP contribution is -2.38. The lowest BCUT2D eigenvalue weighted by Gasteiger charge is -2.05. The number of amides is 2. The number of rotatable bonds is 7. The van der Waals surface area contributed by atoms with E-state index in [9.17, 15) is 9.59 Å². The highest BCUT2D eigenvalue weighted by Gasteiger charge is 2.16. The number of aryl methyl sites for hydroxylation is 1. The summed E-state index contributed by atoms with van der Waals surface area (Å²) < 4.78 is 4.83. The minimum Gasteiger partial charge on any atom is -0.383 e. The van der Waals surface area contributed by atoms with E-state index in [1.165, 1.54) is 11.3 Å². The minimum absolute atomic E-state index is 0.0618. The third kappa shape index (κ3) is 4.36. The molecule has 2 aromatic heterocycles. The summed E-state index contributed by atoms with van der Waals surface area (Å²) in [6, 6.07) is 1.97. The number of thiazole rings is 1. The van der Waals surface area contributed by atoms with Crippen molar-refractivity contribution >= 4 is 34.5 Å². The number of carbonyl (C=O) groups excluding carboxylic acids is 2. The van der Waals surface area contributed by atoms with Crippen LogP contribution in [0, 0.1) is 6.92 Å². The van der Waals surface area contributed by atoms with Gasteiger partial charge in [0.1, 0.15) is 9.88 Å². The number of hydrogen-bond acceptors (Lipinski definition) is 6. The Morgan fingerprint density at radius 2 is 2.18 bits per heavy atom. The summed E-state index contributed by atoms with van der Waals surface area (Å²) >= 11 is 2.91. The van der Waals surface area contributed by atoms with E-state index < -0.39 is 0 Å². The van der Waals surface area contributed by atoms with E-state index in [0.29, 0.717) is 23.7 Å². The Kier molecular flexibility index (Phi) is 6.05. The van der Waals surface area contributed by atoms with Crippen molar-refractivity contribution in [3.05, 3.63) is 27.4 Å². The van der Waals surface area contributed by atoms with Crippen LogP contribution in [-0.2, 0) is 9.53 Å². The molecule has 0 fully saturated rings. The first-order valence-electron chi connectivity index (χ1n) is 6.65. The molecule has 2 rings (SSSR count). The molecule has 22 heavy (non-hydrogen) atoms. The van der Waals surface area contributed by atoms with Gasteiger partial charge in [0.2, 0.25) is 5.91 Å². The summed E-state index contributed by atoms with van der Waals surface area (Å²) in [4.78, 5) is 28.6. The maximum Gasteiger partial charge on any atom is 0.263 e. The lowest BCUT2D eigenvalue weighted by atomic mass is 10.3. The largest absolute Gasteiger partial charge is 0.383 e. The molecule has 118 valence electrons. The molecule has 0 unspecified atom stereocenters. The molecule has 2 heterocycles. The number of hydrogen-bond donors (Lipinski definition) is 2. The van der Waals surface area contributed by atoms with Crippen LogP contribution in [-0.4, -0.2) is 43.6 Å². The second-order valence-electron chi connectivity index (χ2n) is 4.47. The zero-order valence-corrected chi connectivity index (χ0v) is 14.0. The average Bonchev–Trinajstić information content (AvgIpc) is 3.14. The van der Waals surface area contributed by atoms with Crippen molar-refractivity contribution in [3.63, 3.8) is 0 Å². The molecule has 0 bridgehead atoms. The summed E-state index contributed by atoms with van der Waals surface area (Å²) in [5.74, 6) is -0.524. The highest BCUT2D eigenvalue weighted by atomic mass is 32.1. The van der Waals surface area contributed by atoms with E-state index in [2.05, 4.69) is 15.6 Å². The summed E-state index contributed by atoms with van der Waals surface area (Å²) in [6.07, 6.45) is 0. The Bertz CT molecular complexity index is 638. The molecule has 0 aromatic carbocycles. The molecule has 0 aliphatic heterocycles. The van der Waals surface area contributed by atoms with Crippen molar-refractivity contribution < 1.29 is 14.3 Å². The topological polar surface area (TPSA) is 80.3 Å². The molecule has 6 nitrogen and oxygen atoms in total. The Labute approximate surface area is 136 Å². The zero-order chi connectivity index (χ0) is 15.9. The summed E-state index contributed by atoms with van der Waals surface area (Å²) in [6.45, 7) is 2.60. The van der Waals surface area contributed by atoms with Crippen LogP contribution in [0.2, 0.25) is 0 Å². The van der Waals surface area contributed by atoms with Gasteiger partial charge in [-0.25, -0.2) is 4.98 Å². The Morgan fingerprint density at radius 1 is 1.36 bits per heavy atom. The van der Waals surface area contributed by atoms with Gasteiger partial charge in [-0.3, -0.25) is 9.59 Å². The monoisotopic (exact) mass is 339 g/mol. The van der Waals surface area contributed by atoms with Gasteiger partial charge >= 0.3 is 0 Å². The Morgan fingerprint density at radius 3 is 2.86 bits per heavy atom. The van der Waals surface area contributed by atoms with E-state index in [1.807, 2.05) is 16.8 Å². The Balaban J connectivity index is 1.91. The summed E-state index contributed by atoms with van der Waals surface area (Å²) in [5, 5.41) is 10.0. The molecule has 0 radical (unpaired) electrons. The van der Waals surface area contributed by atoms with Gasteiger partial charge in [-0.1, -0.05) is 0 Å². The number of aromatic nitrogens is 1. The van der Waals surface area contributed by atoms with E-state index >= 15 is 0 Å². The van der Waals surface area contributed by atoms with Crippen LogP contribution in [0.3, 0.4) is 0 Å². The lowest BCUT2D eigenvalue weighted by molar-refractivity contribution is -0.120. The number of nitrogens with one attached hydrogen (secondary N) is 2. The molecule has 0 saturated carbocycles. The number of ether oxygens (including phenoxy) is 1. The normalized spacial score (nSPS) is 10.5. The predicted molar refractivity (Wildman–Crippen MR) is 87.4 cm³/mol. The highest BCUT2D eigenvalue weighted by Crippen LogP contribution is 2.29. The zero-order valence-electron chi connectivity index (χ0n) is 12.3. The van der Waals surface area contributed by atoms with Gasteiger partial charge in [0, 0.05) is 24.6 Å². The molecular weight excluding hydrogens is 322 g/mol. The number of methoxy groups -OCH3 is 1. The van der Waals surface area contributed by atoms with Gasteiger partial charge in [0.25, 0.3) is 5.91 Å². The number of thiophene rings is 1. The van der Waals surface area contributed by atoms with E-state index in [1.54, 1.807) is 25.4 Å². The van der Waals surface area contributed by atoms with E-state index in [0.717, 1.165) is 10.6 Å². The fraction of sp³-hybridized carbons (Fsp3) is 0.357. The molecule has 0 saturated heterocycles. The fourth-order valence-corrected chi connectivity index (χ4v) is 3.41. The van der Waals surface area contributed by atoms with Crippen LogP contribution in [0.5, 0.6) is 0 Å². The first kappa shape index (κ1) is 16.6. The van der Waals surface area contributed by atoms with Crippen molar-refractivity contribution in [2.24, 2.45) is 0 Å². The molecule has 2 N–H and O–H groups in total. The van der Waals surface area contributed by atoms with Crippen LogP contribution < -0.4 is 10.6 Å². The number of carbonyl (C=O) groups is 2. The SMILES string of the molecule is COCCNC(=O)CNC(=O)c1sc(-c2ccsc2)nc1C. The number of nitrogens with zero attached hydrogens (tertiary/aromatic N) is 1. The summed E-state index contributed by atoms with van der Waals surface area (Å²) in [7, 11) is 1.56. The Hall–Kier alpha value is -1.77. The first-order valence-corrected chi connectivity index (χ1v) is 8.41. The molecule has 0 atom stereocenters. The van der Waals surface area contributed by atoms with Gasteiger partial charge in [0.15, 0.2) is 0 Å². The van der Waals surface area contributed by atoms with Crippen LogP contribution in [0.1, 0.15) is 15.4 Å². The van der Waals surface area contributed by atoms with Crippen LogP contribution >= 0.6 is 22.7 Å². The highest BCUT2D eigenvalue weighted by molar-refractivity contribution is 7.17. The second kappa shape index (κ2) is 8.02. The van der Waals surface area contributed by atoms with E-state index in [-0.39, 0.29) is 18.4 Å². The van der Waals surface area contributed by atoms with Gasteiger partial charge in [-0.05, 0) is 18.4 Å². The van der Waals surface area contributed by atoms with Gasteiger partial charge < -0.3 is 15.4 Å². The van der Waals surface area contributed by atoms with Gasteiger partial charge in [-0.2, -0.15) is 11.3 Å². The third-order valence-corrected chi connectivity index (χ3v) is 4.70. The van der Waals surface area contributed by atoms with Gasteiger partial charge in [0.05, 0.1) is 18.8 Å². The quantitative estimate of drug-likeness (QED) is 0.752. The molecule has 0 aliphatic carbocycles. The smallest absolute Gasteiger partial charge is 0.263 e. The molecule has 2 aromatic rings. The first-order chi connectivity index (χ1) is 10.6. The van der Waals surface area contributed by atoms with Gasteiger partial charge in [-0.15, -0.1) is 11.3 Å². The molecule has 0 aliphatic rings. The van der Waals surface area contributed by atoms with Crippen molar-refractivity contribution in [1.82, 2.24) is 15.6 Å². The molecule has 2 amide bonds. The van der Waals surface area contributed by atoms with Crippen LogP contribution in [0.15, 0.2) is 16.8 Å². The van der Waals surface area contributed by atoms with E-state index in [4.69, 9.17) is 4.74 Å². The average molecular weight is 339 g/mol. The van der Waals surface area contributed by atoms with Crippen molar-refractivity contribution in [1.29, 1.82) is 0 Å². The van der Waals surface area contributed by atoms with Crippen LogP contribution in [0.25, 0.3) is 10.6 Å². The molecular formula is C14H17N3O3S2. The minimum atomic E-state index is -0.279. The second-order valence-corrected chi connectivity index (χ2v) is 6.25. The summed E-state index contributed by atoms with van der Waals surface area (Å²) in [5.41, 5.74) is 1.68. The fourth-order valence-electron chi connectivity index (χ4n) is 1.71. The maximum absolute atomic E-state index is 12.1. The predicted octanol–water partition coefficient (Wildman–Crippen LogP) is 1.67.